The van der Waals surface area contributed by atoms with Gasteiger partial charge in [-0.2, -0.15) is 0 Å². The van der Waals surface area contributed by atoms with E-state index in [1.54, 1.807) is 6.08 Å². The zero-order chi connectivity index (χ0) is 13.8. The number of amides is 1. The lowest BCUT2D eigenvalue weighted by atomic mass is 9.94. The molecule has 1 saturated heterocycles. The first-order valence-corrected chi connectivity index (χ1v) is 6.65. The molecule has 0 aromatic heterocycles. The summed E-state index contributed by atoms with van der Waals surface area (Å²) in [5, 5.41) is 3.49. The van der Waals surface area contributed by atoms with Gasteiger partial charge in [-0.1, -0.05) is 26.5 Å². The van der Waals surface area contributed by atoms with Crippen LogP contribution < -0.4 is 5.32 Å². The Balaban J connectivity index is 2.70. The average molecular weight is 254 g/mol. The Morgan fingerprint density at radius 1 is 1.61 bits per heavy atom. The van der Waals surface area contributed by atoms with Crippen molar-refractivity contribution >= 4 is 6.09 Å². The summed E-state index contributed by atoms with van der Waals surface area (Å²) >= 11 is 0. The molecule has 1 atom stereocenters. The van der Waals surface area contributed by atoms with E-state index >= 15 is 0 Å². The van der Waals surface area contributed by atoms with Crippen molar-refractivity contribution < 1.29 is 9.53 Å². The molecule has 0 radical (unpaired) electrons. The van der Waals surface area contributed by atoms with E-state index in [4.69, 9.17) is 4.74 Å². The fourth-order valence-electron chi connectivity index (χ4n) is 2.30. The van der Waals surface area contributed by atoms with E-state index in [2.05, 4.69) is 39.6 Å². The molecule has 0 aliphatic carbocycles. The van der Waals surface area contributed by atoms with Crippen LogP contribution in [-0.2, 0) is 4.74 Å². The van der Waals surface area contributed by atoms with E-state index in [1.807, 2.05) is 4.90 Å². The molecule has 1 fully saturated rings. The fraction of sp³-hybridized carbons (Fsp3) is 0.786. The van der Waals surface area contributed by atoms with Gasteiger partial charge in [0.15, 0.2) is 0 Å². The van der Waals surface area contributed by atoms with Gasteiger partial charge in [0.1, 0.15) is 6.61 Å². The largest absolute Gasteiger partial charge is 0.445 e. The van der Waals surface area contributed by atoms with Crippen LogP contribution in [0.3, 0.4) is 0 Å². The summed E-state index contributed by atoms with van der Waals surface area (Å²) < 4.78 is 5.18. The Morgan fingerprint density at radius 3 is 2.83 bits per heavy atom. The summed E-state index contributed by atoms with van der Waals surface area (Å²) in [6.45, 7) is 13.9. The maximum Gasteiger partial charge on any atom is 0.410 e. The van der Waals surface area contributed by atoms with Crippen molar-refractivity contribution in [2.45, 2.75) is 45.7 Å². The quantitative estimate of drug-likeness (QED) is 0.783. The van der Waals surface area contributed by atoms with Crippen LogP contribution in [0.2, 0.25) is 0 Å². The van der Waals surface area contributed by atoms with Crippen molar-refractivity contribution in [3.63, 3.8) is 0 Å². The minimum Gasteiger partial charge on any atom is -0.445 e. The van der Waals surface area contributed by atoms with Crippen molar-refractivity contribution in [1.29, 1.82) is 0 Å². The van der Waals surface area contributed by atoms with Crippen LogP contribution in [0.1, 0.15) is 34.1 Å². The Bertz CT molecular complexity index is 300. The summed E-state index contributed by atoms with van der Waals surface area (Å²) in [6, 6.07) is 0.218. The van der Waals surface area contributed by atoms with Crippen molar-refractivity contribution in [3.8, 4) is 0 Å². The molecule has 1 aliphatic heterocycles. The molecule has 0 aromatic carbocycles. The second-order valence-corrected chi connectivity index (χ2v) is 6.04. The highest BCUT2D eigenvalue weighted by atomic mass is 16.6. The van der Waals surface area contributed by atoms with Gasteiger partial charge in [0.05, 0.1) is 0 Å². The van der Waals surface area contributed by atoms with E-state index in [-0.39, 0.29) is 24.3 Å². The number of piperazine rings is 1. The van der Waals surface area contributed by atoms with Crippen molar-refractivity contribution in [3.05, 3.63) is 12.7 Å². The highest BCUT2D eigenvalue weighted by Gasteiger charge is 2.36. The number of nitrogens with one attached hydrogen (secondary N) is 1. The summed E-state index contributed by atoms with van der Waals surface area (Å²) in [7, 11) is 0. The second kappa shape index (κ2) is 6.23. The Morgan fingerprint density at radius 2 is 2.28 bits per heavy atom. The lowest BCUT2D eigenvalue weighted by Crippen LogP contribution is -2.63. The third kappa shape index (κ3) is 4.33. The first kappa shape index (κ1) is 15.0. The molecule has 0 aromatic rings. The molecule has 18 heavy (non-hydrogen) atoms. The van der Waals surface area contributed by atoms with Crippen molar-refractivity contribution in [2.75, 3.05) is 19.7 Å². The van der Waals surface area contributed by atoms with Crippen LogP contribution in [0.25, 0.3) is 0 Å². The summed E-state index contributed by atoms with van der Waals surface area (Å²) in [5.41, 5.74) is -0.0549. The highest BCUT2D eigenvalue weighted by molar-refractivity contribution is 5.68. The number of hydrogen-bond acceptors (Lipinski definition) is 3. The van der Waals surface area contributed by atoms with Gasteiger partial charge in [0.25, 0.3) is 0 Å². The molecule has 0 spiro atoms. The van der Waals surface area contributed by atoms with Gasteiger partial charge in [-0.15, -0.1) is 0 Å². The molecule has 4 heteroatoms. The average Bonchev–Trinajstić information content (AvgIpc) is 2.27. The summed E-state index contributed by atoms with van der Waals surface area (Å²) in [6.07, 6.45) is 2.37. The van der Waals surface area contributed by atoms with E-state index < -0.39 is 0 Å². The van der Waals surface area contributed by atoms with Gasteiger partial charge in [-0.25, -0.2) is 4.79 Å². The van der Waals surface area contributed by atoms with Gasteiger partial charge >= 0.3 is 6.09 Å². The van der Waals surface area contributed by atoms with E-state index in [1.165, 1.54) is 0 Å². The fourth-order valence-corrected chi connectivity index (χ4v) is 2.30. The summed E-state index contributed by atoms with van der Waals surface area (Å²) in [4.78, 5) is 13.9. The lowest BCUT2D eigenvalue weighted by molar-refractivity contribution is 0.0541. The monoisotopic (exact) mass is 254 g/mol. The van der Waals surface area contributed by atoms with Gasteiger partial charge in [0.2, 0.25) is 0 Å². The first-order chi connectivity index (χ1) is 8.35. The standard InChI is InChI=1S/C14H26N2O2/c1-6-7-18-13(17)16-10-14(4,5)15-9-12(16)8-11(2)3/h6,11-12,15H,1,7-10H2,2-5H3. The number of carbonyl (C=O) groups excluding carboxylic acids is 1. The van der Waals surface area contributed by atoms with Gasteiger partial charge in [-0.3, -0.25) is 0 Å². The lowest BCUT2D eigenvalue weighted by Gasteiger charge is -2.44. The number of rotatable bonds is 4. The Hall–Kier alpha value is -1.03. The number of ether oxygens (including phenoxy) is 1. The molecule has 4 nitrogen and oxygen atoms in total. The highest BCUT2D eigenvalue weighted by Crippen LogP contribution is 2.20. The van der Waals surface area contributed by atoms with Gasteiger partial charge in [-0.05, 0) is 26.2 Å². The second-order valence-electron chi connectivity index (χ2n) is 6.04. The van der Waals surface area contributed by atoms with Crippen LogP contribution in [0.4, 0.5) is 4.79 Å². The molecular weight excluding hydrogens is 228 g/mol. The van der Waals surface area contributed by atoms with Crippen LogP contribution in [-0.4, -0.2) is 42.3 Å². The van der Waals surface area contributed by atoms with Crippen molar-refractivity contribution in [2.24, 2.45) is 5.92 Å². The predicted octanol–water partition coefficient (Wildman–Crippen LogP) is 2.41. The molecule has 1 amide bonds. The summed E-state index contributed by atoms with van der Waals surface area (Å²) in [5.74, 6) is 0.563. The zero-order valence-electron chi connectivity index (χ0n) is 12.0. The van der Waals surface area contributed by atoms with E-state index in [0.717, 1.165) is 13.0 Å². The minimum absolute atomic E-state index is 0.0549. The molecule has 0 bridgehead atoms. The molecule has 1 unspecified atom stereocenters. The molecule has 104 valence electrons. The minimum atomic E-state index is -0.227. The smallest absolute Gasteiger partial charge is 0.410 e. The van der Waals surface area contributed by atoms with Crippen LogP contribution >= 0.6 is 0 Å². The number of nitrogens with zero attached hydrogens (tertiary/aromatic N) is 1. The number of carbonyl (C=O) groups is 1. The third-order valence-electron chi connectivity index (χ3n) is 3.13. The predicted molar refractivity (Wildman–Crippen MR) is 73.6 cm³/mol. The molecular formula is C14H26N2O2. The van der Waals surface area contributed by atoms with Crippen molar-refractivity contribution in [1.82, 2.24) is 10.2 Å². The normalized spacial score (nSPS) is 22.9. The molecule has 1 N–H and O–H groups in total. The number of hydrogen-bond donors (Lipinski definition) is 1. The van der Waals surface area contributed by atoms with E-state index in [9.17, 15) is 4.79 Å². The Kier molecular flexibility index (Phi) is 5.20. The third-order valence-corrected chi connectivity index (χ3v) is 3.13. The van der Waals surface area contributed by atoms with Crippen LogP contribution in [0, 0.1) is 5.92 Å². The molecule has 0 saturated carbocycles. The van der Waals surface area contributed by atoms with E-state index in [0.29, 0.717) is 12.5 Å². The first-order valence-electron chi connectivity index (χ1n) is 6.65. The molecule has 1 rings (SSSR count). The maximum absolute atomic E-state index is 12.1. The zero-order valence-corrected chi connectivity index (χ0v) is 12.0. The van der Waals surface area contributed by atoms with Crippen LogP contribution in [0.5, 0.6) is 0 Å². The molecule has 1 aliphatic rings. The Labute approximate surface area is 110 Å². The topological polar surface area (TPSA) is 41.6 Å². The van der Waals surface area contributed by atoms with Crippen LogP contribution in [0.15, 0.2) is 12.7 Å². The SMILES string of the molecule is C=CCOC(=O)N1CC(C)(C)NCC1CC(C)C. The van der Waals surface area contributed by atoms with Gasteiger partial charge in [0, 0.05) is 24.7 Å². The molecule has 1 heterocycles. The maximum atomic E-state index is 12.1. The van der Waals surface area contributed by atoms with Gasteiger partial charge < -0.3 is 15.0 Å².